The fraction of sp³-hybridized carbons (Fsp3) is 0.538. The summed E-state index contributed by atoms with van der Waals surface area (Å²) in [6, 6.07) is 4.93. The normalized spacial score (nSPS) is 20.9. The van der Waals surface area contributed by atoms with E-state index in [2.05, 4.69) is 4.90 Å². The van der Waals surface area contributed by atoms with Crippen LogP contribution in [0.4, 0.5) is 0 Å². The molecular formula is C13H20N2O4S. The Hall–Kier alpha value is -1.15. The van der Waals surface area contributed by atoms with Gasteiger partial charge < -0.3 is 14.4 Å². The van der Waals surface area contributed by atoms with Gasteiger partial charge in [-0.25, -0.2) is 13.6 Å². The van der Waals surface area contributed by atoms with Gasteiger partial charge in [-0.05, 0) is 31.7 Å². The lowest BCUT2D eigenvalue weighted by molar-refractivity contribution is -0.0407. The number of hydrogen-bond acceptors (Lipinski definition) is 5. The van der Waals surface area contributed by atoms with E-state index >= 15 is 0 Å². The average molecular weight is 300 g/mol. The minimum atomic E-state index is -3.80. The van der Waals surface area contributed by atoms with Gasteiger partial charge in [-0.1, -0.05) is 6.07 Å². The van der Waals surface area contributed by atoms with E-state index in [0.29, 0.717) is 13.2 Å². The molecule has 0 spiro atoms. The number of sulfonamides is 1. The van der Waals surface area contributed by atoms with Crippen LogP contribution < -0.4 is 9.88 Å². The molecule has 1 atom stereocenters. The number of ether oxygens (including phenoxy) is 2. The average Bonchev–Trinajstić information content (AvgIpc) is 2.36. The van der Waals surface area contributed by atoms with E-state index in [0.717, 1.165) is 18.7 Å². The van der Waals surface area contributed by atoms with Crippen molar-refractivity contribution in [2.45, 2.75) is 17.9 Å². The van der Waals surface area contributed by atoms with Gasteiger partial charge in [0.05, 0.1) is 6.61 Å². The Balaban J connectivity index is 2.09. The molecule has 1 heterocycles. The van der Waals surface area contributed by atoms with Crippen molar-refractivity contribution in [3.8, 4) is 5.75 Å². The van der Waals surface area contributed by atoms with Gasteiger partial charge in [-0.15, -0.1) is 0 Å². The van der Waals surface area contributed by atoms with Crippen LogP contribution in [0.3, 0.4) is 0 Å². The minimum absolute atomic E-state index is 0.0154. The number of aryl methyl sites for hydroxylation is 1. The van der Waals surface area contributed by atoms with Crippen molar-refractivity contribution in [3.63, 3.8) is 0 Å². The Kier molecular flexibility index (Phi) is 4.64. The Morgan fingerprint density at radius 3 is 2.90 bits per heavy atom. The van der Waals surface area contributed by atoms with Crippen molar-refractivity contribution in [1.82, 2.24) is 4.90 Å². The molecule has 2 N–H and O–H groups in total. The van der Waals surface area contributed by atoms with Gasteiger partial charge in [0.25, 0.3) is 0 Å². The van der Waals surface area contributed by atoms with Crippen molar-refractivity contribution in [2.75, 3.05) is 33.4 Å². The van der Waals surface area contributed by atoms with Crippen LogP contribution in [-0.4, -0.2) is 52.8 Å². The number of morpholine rings is 1. The number of primary sulfonamides is 1. The van der Waals surface area contributed by atoms with Gasteiger partial charge in [0.15, 0.2) is 0 Å². The third-order valence-corrected chi connectivity index (χ3v) is 4.10. The highest BCUT2D eigenvalue weighted by Gasteiger charge is 2.20. The second kappa shape index (κ2) is 6.09. The van der Waals surface area contributed by atoms with Crippen LogP contribution in [0.15, 0.2) is 23.1 Å². The van der Waals surface area contributed by atoms with Crippen molar-refractivity contribution < 1.29 is 17.9 Å². The molecule has 0 amide bonds. The molecular weight excluding hydrogens is 280 g/mol. The number of benzene rings is 1. The van der Waals surface area contributed by atoms with Crippen molar-refractivity contribution >= 4 is 10.0 Å². The second-order valence-electron chi connectivity index (χ2n) is 5.06. The van der Waals surface area contributed by atoms with Crippen LogP contribution in [0.5, 0.6) is 5.75 Å². The molecule has 1 aliphatic rings. The molecule has 0 saturated carbocycles. The zero-order chi connectivity index (χ0) is 14.8. The third-order valence-electron chi connectivity index (χ3n) is 3.17. The lowest BCUT2D eigenvalue weighted by Gasteiger charge is -2.30. The molecule has 0 aromatic heterocycles. The summed E-state index contributed by atoms with van der Waals surface area (Å²) in [6.45, 7) is 4.41. The first-order chi connectivity index (χ1) is 9.36. The van der Waals surface area contributed by atoms with E-state index in [4.69, 9.17) is 14.6 Å². The molecule has 7 heteroatoms. The topological polar surface area (TPSA) is 81.9 Å². The quantitative estimate of drug-likeness (QED) is 0.868. The molecule has 0 radical (unpaired) electrons. The summed E-state index contributed by atoms with van der Waals surface area (Å²) in [5, 5.41) is 5.21. The molecule has 2 rings (SSSR count). The zero-order valence-corrected chi connectivity index (χ0v) is 12.5. The first-order valence-corrected chi connectivity index (χ1v) is 7.97. The molecule has 1 saturated heterocycles. The number of rotatable bonds is 4. The van der Waals surface area contributed by atoms with Crippen molar-refractivity contribution in [3.05, 3.63) is 23.8 Å². The molecule has 1 fully saturated rings. The van der Waals surface area contributed by atoms with E-state index in [1.165, 1.54) is 6.07 Å². The van der Waals surface area contributed by atoms with Gasteiger partial charge in [-0.3, -0.25) is 0 Å². The van der Waals surface area contributed by atoms with Crippen LogP contribution >= 0.6 is 0 Å². The molecule has 1 unspecified atom stereocenters. The summed E-state index contributed by atoms with van der Waals surface area (Å²) in [7, 11) is -1.78. The molecule has 1 aliphatic heterocycles. The smallest absolute Gasteiger partial charge is 0.241 e. The van der Waals surface area contributed by atoms with Gasteiger partial charge in [0.2, 0.25) is 10.0 Å². The van der Waals surface area contributed by atoms with Gasteiger partial charge in [-0.2, -0.15) is 0 Å². The minimum Gasteiger partial charge on any atom is -0.489 e. The first kappa shape index (κ1) is 15.2. The maximum Gasteiger partial charge on any atom is 0.241 e. The van der Waals surface area contributed by atoms with Crippen LogP contribution in [-0.2, 0) is 14.8 Å². The fourth-order valence-corrected chi connectivity index (χ4v) is 2.86. The Morgan fingerprint density at radius 1 is 1.50 bits per heavy atom. The fourth-order valence-electron chi connectivity index (χ4n) is 2.11. The lowest BCUT2D eigenvalue weighted by Crippen LogP contribution is -2.42. The number of nitrogens with two attached hydrogens (primary N) is 1. The summed E-state index contributed by atoms with van der Waals surface area (Å²) < 4.78 is 34.3. The Labute approximate surface area is 119 Å². The maximum atomic E-state index is 11.6. The number of hydrogen-bond donors (Lipinski definition) is 1. The van der Waals surface area contributed by atoms with Crippen molar-refractivity contribution in [2.24, 2.45) is 5.14 Å². The van der Waals surface area contributed by atoms with Crippen molar-refractivity contribution in [1.29, 1.82) is 0 Å². The summed E-state index contributed by atoms with van der Waals surface area (Å²) >= 11 is 0. The van der Waals surface area contributed by atoms with E-state index in [1.54, 1.807) is 19.1 Å². The highest BCUT2D eigenvalue weighted by atomic mass is 32.2. The predicted molar refractivity (Wildman–Crippen MR) is 75.3 cm³/mol. The van der Waals surface area contributed by atoms with E-state index in [9.17, 15) is 8.42 Å². The SMILES string of the molecule is Cc1ccc(OCC2CN(C)CCO2)c(S(N)(=O)=O)c1. The van der Waals surface area contributed by atoms with Crippen LogP contribution in [0.1, 0.15) is 5.56 Å². The molecule has 1 aromatic carbocycles. The van der Waals surface area contributed by atoms with Crippen LogP contribution in [0, 0.1) is 6.92 Å². The number of nitrogens with zero attached hydrogens (tertiary/aromatic N) is 1. The zero-order valence-electron chi connectivity index (χ0n) is 11.7. The Bertz CT molecular complexity index is 574. The van der Waals surface area contributed by atoms with E-state index in [1.807, 2.05) is 7.05 Å². The van der Waals surface area contributed by atoms with Gasteiger partial charge in [0, 0.05) is 13.1 Å². The summed E-state index contributed by atoms with van der Waals surface area (Å²) in [5.74, 6) is 0.273. The molecule has 0 aliphatic carbocycles. The van der Waals surface area contributed by atoms with Crippen LogP contribution in [0.2, 0.25) is 0 Å². The largest absolute Gasteiger partial charge is 0.489 e. The monoisotopic (exact) mass is 300 g/mol. The predicted octanol–water partition coefficient (Wildman–Crippen LogP) is 0.352. The molecule has 112 valence electrons. The Morgan fingerprint density at radius 2 is 2.25 bits per heavy atom. The van der Waals surface area contributed by atoms with Crippen LogP contribution in [0.25, 0.3) is 0 Å². The standard InChI is InChI=1S/C13H20N2O4S/c1-10-3-4-12(13(7-10)20(14,16)17)19-9-11-8-15(2)5-6-18-11/h3-4,7,11H,5-6,8-9H2,1-2H3,(H2,14,16,17). The molecule has 6 nitrogen and oxygen atoms in total. The highest BCUT2D eigenvalue weighted by Crippen LogP contribution is 2.24. The lowest BCUT2D eigenvalue weighted by atomic mass is 10.2. The number of likely N-dealkylation sites (N-methyl/N-ethyl adjacent to an activating group) is 1. The summed E-state index contributed by atoms with van der Waals surface area (Å²) in [5.41, 5.74) is 0.815. The summed E-state index contributed by atoms with van der Waals surface area (Å²) in [4.78, 5) is 2.16. The first-order valence-electron chi connectivity index (χ1n) is 6.42. The molecule has 20 heavy (non-hydrogen) atoms. The second-order valence-corrected chi connectivity index (χ2v) is 6.59. The van der Waals surface area contributed by atoms with Gasteiger partial charge in [0.1, 0.15) is 23.4 Å². The van der Waals surface area contributed by atoms with E-state index < -0.39 is 10.0 Å². The summed E-state index contributed by atoms with van der Waals surface area (Å²) in [6.07, 6.45) is -0.0663. The van der Waals surface area contributed by atoms with Gasteiger partial charge >= 0.3 is 0 Å². The highest BCUT2D eigenvalue weighted by molar-refractivity contribution is 7.89. The molecule has 0 bridgehead atoms. The van der Waals surface area contributed by atoms with E-state index in [-0.39, 0.29) is 16.7 Å². The molecule has 1 aromatic rings. The maximum absolute atomic E-state index is 11.6. The third kappa shape index (κ3) is 3.92.